The molecule has 0 unspecified atom stereocenters. The van der Waals surface area contributed by atoms with Crippen LogP contribution in [-0.2, 0) is 4.79 Å². The van der Waals surface area contributed by atoms with Crippen molar-refractivity contribution in [3.8, 4) is 5.75 Å². The SMILES string of the molecule is Cc1cccc(C)c1OC1(C(N)=O)CCCC1. The number of ether oxygens (including phenoxy) is 1. The minimum absolute atomic E-state index is 0.336. The van der Waals surface area contributed by atoms with Gasteiger partial charge in [-0.05, 0) is 50.7 Å². The Morgan fingerprint density at radius 3 is 2.24 bits per heavy atom. The first-order chi connectivity index (χ1) is 8.05. The Hall–Kier alpha value is -1.51. The van der Waals surface area contributed by atoms with Gasteiger partial charge in [-0.25, -0.2) is 0 Å². The zero-order valence-corrected chi connectivity index (χ0v) is 10.5. The van der Waals surface area contributed by atoms with Crippen molar-refractivity contribution in [1.82, 2.24) is 0 Å². The second-order valence-electron chi connectivity index (χ2n) is 4.89. The molecule has 1 aliphatic carbocycles. The fraction of sp³-hybridized carbons (Fsp3) is 0.500. The molecule has 0 atom stereocenters. The monoisotopic (exact) mass is 233 g/mol. The number of rotatable bonds is 3. The van der Waals surface area contributed by atoms with Crippen LogP contribution in [0, 0.1) is 13.8 Å². The van der Waals surface area contributed by atoms with E-state index in [0.29, 0.717) is 0 Å². The first kappa shape index (κ1) is 12.0. The molecule has 1 aromatic carbocycles. The van der Waals surface area contributed by atoms with Crippen molar-refractivity contribution >= 4 is 5.91 Å². The third-order valence-electron chi connectivity index (χ3n) is 3.57. The molecular formula is C14H19NO2. The minimum Gasteiger partial charge on any atom is -0.477 e. The number of para-hydroxylation sites is 1. The first-order valence-corrected chi connectivity index (χ1v) is 6.10. The molecule has 0 aromatic heterocycles. The van der Waals surface area contributed by atoms with E-state index in [1.807, 2.05) is 32.0 Å². The van der Waals surface area contributed by atoms with Crippen molar-refractivity contribution in [2.45, 2.75) is 45.1 Å². The van der Waals surface area contributed by atoms with E-state index < -0.39 is 5.60 Å². The van der Waals surface area contributed by atoms with Crippen LogP contribution in [0.2, 0.25) is 0 Å². The maximum atomic E-state index is 11.6. The van der Waals surface area contributed by atoms with Crippen LogP contribution in [0.5, 0.6) is 5.75 Å². The summed E-state index contributed by atoms with van der Waals surface area (Å²) in [7, 11) is 0. The summed E-state index contributed by atoms with van der Waals surface area (Å²) in [6.07, 6.45) is 3.48. The van der Waals surface area contributed by atoms with Gasteiger partial charge in [0.25, 0.3) is 5.91 Å². The van der Waals surface area contributed by atoms with Gasteiger partial charge in [0.05, 0.1) is 0 Å². The molecule has 2 rings (SSSR count). The van der Waals surface area contributed by atoms with E-state index >= 15 is 0 Å². The molecule has 1 aromatic rings. The highest BCUT2D eigenvalue weighted by atomic mass is 16.5. The van der Waals surface area contributed by atoms with Gasteiger partial charge in [0.15, 0.2) is 5.60 Å². The molecule has 0 heterocycles. The standard InChI is InChI=1S/C14H19NO2/c1-10-6-5-7-11(2)12(10)17-14(13(15)16)8-3-4-9-14/h5-7H,3-4,8-9H2,1-2H3,(H2,15,16). The van der Waals surface area contributed by atoms with Gasteiger partial charge in [0.1, 0.15) is 5.75 Å². The minimum atomic E-state index is -0.781. The van der Waals surface area contributed by atoms with Crippen LogP contribution < -0.4 is 10.5 Å². The Labute approximate surface area is 102 Å². The number of nitrogens with two attached hydrogens (primary N) is 1. The molecule has 1 amide bonds. The predicted octanol–water partition coefficient (Wildman–Crippen LogP) is 2.48. The van der Waals surface area contributed by atoms with Crippen molar-refractivity contribution < 1.29 is 9.53 Å². The number of aryl methyl sites for hydroxylation is 2. The number of hydrogen-bond donors (Lipinski definition) is 1. The van der Waals surface area contributed by atoms with Gasteiger partial charge in [-0.3, -0.25) is 4.79 Å². The van der Waals surface area contributed by atoms with Crippen LogP contribution in [0.3, 0.4) is 0 Å². The second-order valence-corrected chi connectivity index (χ2v) is 4.89. The third-order valence-corrected chi connectivity index (χ3v) is 3.57. The number of benzene rings is 1. The summed E-state index contributed by atoms with van der Waals surface area (Å²) < 4.78 is 6.01. The number of amides is 1. The Bertz CT molecular complexity index is 414. The topological polar surface area (TPSA) is 52.3 Å². The quantitative estimate of drug-likeness (QED) is 0.872. The Kier molecular flexibility index (Phi) is 3.09. The molecule has 92 valence electrons. The van der Waals surface area contributed by atoms with E-state index in [4.69, 9.17) is 10.5 Å². The maximum Gasteiger partial charge on any atom is 0.261 e. The van der Waals surface area contributed by atoms with E-state index in [1.54, 1.807) is 0 Å². The average molecular weight is 233 g/mol. The Morgan fingerprint density at radius 1 is 1.24 bits per heavy atom. The van der Waals surface area contributed by atoms with Gasteiger partial charge >= 0.3 is 0 Å². The molecule has 0 radical (unpaired) electrons. The highest BCUT2D eigenvalue weighted by Crippen LogP contribution is 2.36. The lowest BCUT2D eigenvalue weighted by molar-refractivity contribution is -0.133. The maximum absolute atomic E-state index is 11.6. The molecule has 1 aliphatic rings. The van der Waals surface area contributed by atoms with Crippen LogP contribution in [0.25, 0.3) is 0 Å². The van der Waals surface area contributed by atoms with Crippen molar-refractivity contribution in [3.05, 3.63) is 29.3 Å². The number of carbonyl (C=O) groups is 1. The third kappa shape index (κ3) is 2.14. The second kappa shape index (κ2) is 4.40. The highest BCUT2D eigenvalue weighted by Gasteiger charge is 2.42. The zero-order chi connectivity index (χ0) is 12.5. The summed E-state index contributed by atoms with van der Waals surface area (Å²) in [5.41, 5.74) is 6.84. The summed E-state index contributed by atoms with van der Waals surface area (Å²) in [4.78, 5) is 11.6. The summed E-state index contributed by atoms with van der Waals surface area (Å²) in [5.74, 6) is 0.478. The summed E-state index contributed by atoms with van der Waals surface area (Å²) >= 11 is 0. The van der Waals surface area contributed by atoms with E-state index in [9.17, 15) is 4.79 Å². The van der Waals surface area contributed by atoms with Crippen LogP contribution in [0.15, 0.2) is 18.2 Å². The zero-order valence-electron chi connectivity index (χ0n) is 10.5. The summed E-state index contributed by atoms with van der Waals surface area (Å²) in [6.45, 7) is 3.98. The van der Waals surface area contributed by atoms with Gasteiger partial charge in [-0.15, -0.1) is 0 Å². The van der Waals surface area contributed by atoms with Crippen molar-refractivity contribution in [2.75, 3.05) is 0 Å². The van der Waals surface area contributed by atoms with Gasteiger partial charge in [-0.1, -0.05) is 18.2 Å². The molecule has 0 bridgehead atoms. The van der Waals surface area contributed by atoms with E-state index in [-0.39, 0.29) is 5.91 Å². The lowest BCUT2D eigenvalue weighted by atomic mass is 10.0. The molecular weight excluding hydrogens is 214 g/mol. The molecule has 0 saturated heterocycles. The first-order valence-electron chi connectivity index (χ1n) is 6.10. The van der Waals surface area contributed by atoms with Gasteiger partial charge in [0, 0.05) is 0 Å². The van der Waals surface area contributed by atoms with Crippen LogP contribution in [0.4, 0.5) is 0 Å². The molecule has 1 saturated carbocycles. The molecule has 2 N–H and O–H groups in total. The van der Waals surface area contributed by atoms with Crippen LogP contribution in [-0.4, -0.2) is 11.5 Å². The van der Waals surface area contributed by atoms with Crippen LogP contribution >= 0.6 is 0 Å². The summed E-state index contributed by atoms with van der Waals surface area (Å²) in [6, 6.07) is 5.97. The highest BCUT2D eigenvalue weighted by molar-refractivity contribution is 5.84. The molecule has 0 aliphatic heterocycles. The molecule has 3 heteroatoms. The van der Waals surface area contributed by atoms with Crippen molar-refractivity contribution in [1.29, 1.82) is 0 Å². The van der Waals surface area contributed by atoms with Crippen molar-refractivity contribution in [3.63, 3.8) is 0 Å². The molecule has 17 heavy (non-hydrogen) atoms. The Balaban J connectivity index is 2.33. The Morgan fingerprint density at radius 2 is 1.76 bits per heavy atom. The number of carbonyl (C=O) groups excluding carboxylic acids is 1. The fourth-order valence-corrected chi connectivity index (χ4v) is 2.50. The summed E-state index contributed by atoms with van der Waals surface area (Å²) in [5, 5.41) is 0. The van der Waals surface area contributed by atoms with Gasteiger partial charge in [-0.2, -0.15) is 0 Å². The van der Waals surface area contributed by atoms with Crippen molar-refractivity contribution in [2.24, 2.45) is 5.73 Å². The number of hydrogen-bond acceptors (Lipinski definition) is 2. The molecule has 0 spiro atoms. The van der Waals surface area contributed by atoms with Gasteiger partial charge < -0.3 is 10.5 Å². The average Bonchev–Trinajstić information content (AvgIpc) is 2.73. The molecule has 3 nitrogen and oxygen atoms in total. The van der Waals surface area contributed by atoms with E-state index in [1.165, 1.54) is 0 Å². The van der Waals surface area contributed by atoms with E-state index in [2.05, 4.69) is 0 Å². The fourth-order valence-electron chi connectivity index (χ4n) is 2.50. The number of primary amides is 1. The smallest absolute Gasteiger partial charge is 0.261 e. The predicted molar refractivity (Wildman–Crippen MR) is 66.9 cm³/mol. The van der Waals surface area contributed by atoms with Crippen LogP contribution in [0.1, 0.15) is 36.8 Å². The van der Waals surface area contributed by atoms with Gasteiger partial charge in [0.2, 0.25) is 0 Å². The lowest BCUT2D eigenvalue weighted by Gasteiger charge is -2.28. The lowest BCUT2D eigenvalue weighted by Crippen LogP contribution is -2.46. The van der Waals surface area contributed by atoms with E-state index in [0.717, 1.165) is 42.6 Å². The largest absolute Gasteiger partial charge is 0.477 e. The normalized spacial score (nSPS) is 18.0. The molecule has 1 fully saturated rings.